The minimum atomic E-state index is -3.71. The molecule has 0 spiro atoms. The summed E-state index contributed by atoms with van der Waals surface area (Å²) in [4.78, 5) is 0.0915. The van der Waals surface area contributed by atoms with E-state index in [-0.39, 0.29) is 29.4 Å². The molecule has 6 nitrogen and oxygen atoms in total. The Bertz CT molecular complexity index is 688. The van der Waals surface area contributed by atoms with Gasteiger partial charge in [-0.25, -0.2) is 13.1 Å². The lowest BCUT2D eigenvalue weighted by molar-refractivity contribution is 0.166. The molecular weight excluding hydrogens is 399 g/mol. The van der Waals surface area contributed by atoms with E-state index in [1.54, 1.807) is 12.1 Å². The van der Waals surface area contributed by atoms with Crippen LogP contribution in [0.15, 0.2) is 23.1 Å². The van der Waals surface area contributed by atoms with Gasteiger partial charge in [-0.05, 0) is 50.3 Å². The molecule has 3 rings (SSSR count). The summed E-state index contributed by atoms with van der Waals surface area (Å²) in [7, 11) is -3.71. The van der Waals surface area contributed by atoms with Crippen LogP contribution in [0.1, 0.15) is 32.1 Å². The number of hydrogen-bond acceptors (Lipinski definition) is 5. The second-order valence-corrected chi connectivity index (χ2v) is 8.98. The Morgan fingerprint density at radius 1 is 1.23 bits per heavy atom. The first-order valence-corrected chi connectivity index (χ1v) is 10.6. The molecule has 1 saturated heterocycles. The quantitative estimate of drug-likeness (QED) is 0.732. The number of benzene rings is 1. The van der Waals surface area contributed by atoms with Crippen molar-refractivity contribution >= 4 is 34.0 Å². The maximum atomic E-state index is 12.8. The molecule has 1 atom stereocenters. The van der Waals surface area contributed by atoms with Crippen molar-refractivity contribution in [3.63, 3.8) is 0 Å². The summed E-state index contributed by atoms with van der Waals surface area (Å²) in [5, 5.41) is 0.364. The molecule has 1 aliphatic carbocycles. The number of sulfonamides is 1. The number of ether oxygens (including phenoxy) is 2. The Morgan fingerprint density at radius 2 is 1.96 bits per heavy atom. The normalized spacial score (nSPS) is 26.3. The van der Waals surface area contributed by atoms with Gasteiger partial charge < -0.3 is 15.2 Å². The molecule has 2 fully saturated rings. The van der Waals surface area contributed by atoms with Gasteiger partial charge in [0.25, 0.3) is 0 Å². The first-order chi connectivity index (χ1) is 11.9. The molecule has 1 saturated carbocycles. The lowest BCUT2D eigenvalue weighted by atomic mass is 9.93. The first-order valence-electron chi connectivity index (χ1n) is 8.72. The summed E-state index contributed by atoms with van der Waals surface area (Å²) in [6.45, 7) is 1.81. The topological polar surface area (TPSA) is 90.7 Å². The minimum absolute atomic E-state index is 0. The van der Waals surface area contributed by atoms with Gasteiger partial charge in [-0.2, -0.15) is 0 Å². The number of rotatable bonds is 6. The van der Waals surface area contributed by atoms with Crippen LogP contribution in [0, 0.1) is 5.92 Å². The zero-order valence-corrected chi connectivity index (χ0v) is 16.9. The summed E-state index contributed by atoms with van der Waals surface area (Å²) in [6.07, 6.45) is 4.07. The standard InChI is InChI=1S/C17H25ClN2O4S.ClH/c18-13-1-6-16(24-11-12-7-8-23-10-12)17(9-13)25(21,22)20-15-4-2-14(19)3-5-15;/h1,6,9,12,14-15,20H,2-5,7-8,10-11,19H2;1H. The molecule has 0 amide bonds. The van der Waals surface area contributed by atoms with E-state index in [4.69, 9.17) is 26.8 Å². The molecule has 1 unspecified atom stereocenters. The maximum Gasteiger partial charge on any atom is 0.244 e. The fraction of sp³-hybridized carbons (Fsp3) is 0.647. The summed E-state index contributed by atoms with van der Waals surface area (Å²) in [5.41, 5.74) is 5.89. The molecule has 1 aliphatic heterocycles. The number of hydrogen-bond donors (Lipinski definition) is 2. The third-order valence-electron chi connectivity index (χ3n) is 4.79. The Hall–Kier alpha value is -0.570. The van der Waals surface area contributed by atoms with E-state index in [2.05, 4.69) is 4.72 Å². The lowest BCUT2D eigenvalue weighted by Gasteiger charge is -2.27. The SMILES string of the molecule is Cl.NC1CCC(NS(=O)(=O)c2cc(Cl)ccc2OCC2CCOC2)CC1. The van der Waals surface area contributed by atoms with Crippen LogP contribution < -0.4 is 15.2 Å². The number of nitrogens with one attached hydrogen (secondary N) is 1. The van der Waals surface area contributed by atoms with Gasteiger partial charge in [0.15, 0.2) is 0 Å². The molecule has 26 heavy (non-hydrogen) atoms. The van der Waals surface area contributed by atoms with Crippen molar-refractivity contribution < 1.29 is 17.9 Å². The van der Waals surface area contributed by atoms with Gasteiger partial charge in [-0.1, -0.05) is 11.6 Å². The van der Waals surface area contributed by atoms with E-state index in [0.717, 1.165) is 38.7 Å². The van der Waals surface area contributed by atoms with Crippen molar-refractivity contribution in [2.75, 3.05) is 19.8 Å². The van der Waals surface area contributed by atoms with Gasteiger partial charge in [0.05, 0.1) is 13.2 Å². The van der Waals surface area contributed by atoms with E-state index in [0.29, 0.717) is 29.9 Å². The predicted molar refractivity (Wildman–Crippen MR) is 104 cm³/mol. The highest BCUT2D eigenvalue weighted by Crippen LogP contribution is 2.29. The molecule has 1 aromatic carbocycles. The average Bonchev–Trinajstić information content (AvgIpc) is 3.09. The van der Waals surface area contributed by atoms with E-state index in [1.165, 1.54) is 6.07 Å². The fourth-order valence-electron chi connectivity index (χ4n) is 3.25. The van der Waals surface area contributed by atoms with Crippen LogP contribution in [-0.4, -0.2) is 40.3 Å². The van der Waals surface area contributed by atoms with Gasteiger partial charge in [-0.15, -0.1) is 12.4 Å². The highest BCUT2D eigenvalue weighted by atomic mass is 35.5. The highest BCUT2D eigenvalue weighted by Gasteiger charge is 2.27. The summed E-state index contributed by atoms with van der Waals surface area (Å²) in [5.74, 6) is 0.621. The van der Waals surface area contributed by atoms with Gasteiger partial charge in [0.2, 0.25) is 10.0 Å². The minimum Gasteiger partial charge on any atom is -0.492 e. The largest absolute Gasteiger partial charge is 0.492 e. The average molecular weight is 425 g/mol. The molecule has 1 aromatic rings. The molecule has 2 aliphatic rings. The second kappa shape index (κ2) is 9.57. The van der Waals surface area contributed by atoms with Crippen LogP contribution >= 0.6 is 24.0 Å². The molecule has 148 valence electrons. The Kier molecular flexibility index (Phi) is 8.00. The zero-order chi connectivity index (χ0) is 17.9. The van der Waals surface area contributed by atoms with Crippen LogP contribution in [0.2, 0.25) is 5.02 Å². The molecule has 0 bridgehead atoms. The second-order valence-electron chi connectivity index (χ2n) is 6.86. The fourth-order valence-corrected chi connectivity index (χ4v) is 4.97. The molecule has 3 N–H and O–H groups in total. The Labute approximate surface area is 166 Å². The highest BCUT2D eigenvalue weighted by molar-refractivity contribution is 7.89. The molecule has 9 heteroatoms. The van der Waals surface area contributed by atoms with Gasteiger partial charge in [-0.3, -0.25) is 0 Å². The maximum absolute atomic E-state index is 12.8. The van der Waals surface area contributed by atoms with Crippen molar-refractivity contribution in [1.82, 2.24) is 4.72 Å². The van der Waals surface area contributed by atoms with Crippen molar-refractivity contribution in [1.29, 1.82) is 0 Å². The van der Waals surface area contributed by atoms with Crippen molar-refractivity contribution in [2.24, 2.45) is 11.7 Å². The van der Waals surface area contributed by atoms with Crippen LogP contribution in [0.3, 0.4) is 0 Å². The van der Waals surface area contributed by atoms with E-state index in [1.807, 2.05) is 0 Å². The Morgan fingerprint density at radius 3 is 2.62 bits per heavy atom. The van der Waals surface area contributed by atoms with Crippen molar-refractivity contribution in [2.45, 2.75) is 49.1 Å². The van der Waals surface area contributed by atoms with Crippen LogP contribution in [0.5, 0.6) is 5.75 Å². The molecule has 0 radical (unpaired) electrons. The monoisotopic (exact) mass is 424 g/mol. The third kappa shape index (κ3) is 5.71. The Balaban J connectivity index is 0.00000243. The van der Waals surface area contributed by atoms with E-state index < -0.39 is 10.0 Å². The van der Waals surface area contributed by atoms with E-state index >= 15 is 0 Å². The van der Waals surface area contributed by atoms with Gasteiger partial charge in [0, 0.05) is 29.6 Å². The van der Waals surface area contributed by atoms with Crippen LogP contribution in [0.25, 0.3) is 0 Å². The zero-order valence-electron chi connectivity index (χ0n) is 14.5. The predicted octanol–water partition coefficient (Wildman–Crippen LogP) is 2.73. The van der Waals surface area contributed by atoms with Gasteiger partial charge >= 0.3 is 0 Å². The van der Waals surface area contributed by atoms with Crippen molar-refractivity contribution in [3.05, 3.63) is 23.2 Å². The molecule has 0 aromatic heterocycles. The first kappa shape index (κ1) is 21.7. The summed E-state index contributed by atoms with van der Waals surface area (Å²) < 4.78 is 39.6. The summed E-state index contributed by atoms with van der Waals surface area (Å²) >= 11 is 6.03. The van der Waals surface area contributed by atoms with Crippen molar-refractivity contribution in [3.8, 4) is 5.75 Å². The molecular formula is C17H26Cl2N2O4S. The smallest absolute Gasteiger partial charge is 0.244 e. The van der Waals surface area contributed by atoms with Crippen LogP contribution in [0.4, 0.5) is 0 Å². The molecule has 1 heterocycles. The number of halogens is 2. The van der Waals surface area contributed by atoms with Gasteiger partial charge in [0.1, 0.15) is 10.6 Å². The van der Waals surface area contributed by atoms with Crippen LogP contribution in [-0.2, 0) is 14.8 Å². The third-order valence-corrected chi connectivity index (χ3v) is 6.56. The summed E-state index contributed by atoms with van der Waals surface area (Å²) in [6, 6.07) is 4.77. The van der Waals surface area contributed by atoms with E-state index in [9.17, 15) is 8.42 Å². The lowest BCUT2D eigenvalue weighted by Crippen LogP contribution is -2.40. The number of nitrogens with two attached hydrogens (primary N) is 1.